The first-order chi connectivity index (χ1) is 9.94. The van der Waals surface area contributed by atoms with Gasteiger partial charge in [-0.25, -0.2) is 0 Å². The fourth-order valence-electron chi connectivity index (χ4n) is 2.70. The Morgan fingerprint density at radius 2 is 2.00 bits per heavy atom. The molecule has 4 heteroatoms. The zero-order chi connectivity index (χ0) is 15.1. The van der Waals surface area contributed by atoms with Crippen LogP contribution >= 0.6 is 0 Å². The Bertz CT molecular complexity index is 513. The molecule has 4 nitrogen and oxygen atoms in total. The summed E-state index contributed by atoms with van der Waals surface area (Å²) in [6.45, 7) is 7.76. The summed E-state index contributed by atoms with van der Waals surface area (Å²) in [5.74, 6) is 0. The maximum Gasteiger partial charge on any atom is 0.184 e. The average molecular weight is 290 g/mol. The van der Waals surface area contributed by atoms with E-state index in [9.17, 15) is 5.11 Å². The first-order valence-electron chi connectivity index (χ1n) is 7.30. The second kappa shape index (κ2) is 5.21. The molecule has 0 radical (unpaired) electrons. The summed E-state index contributed by atoms with van der Waals surface area (Å²) in [5, 5.41) is 10.5. The van der Waals surface area contributed by atoms with E-state index < -0.39 is 11.9 Å². The summed E-state index contributed by atoms with van der Waals surface area (Å²) in [7, 11) is 0. The van der Waals surface area contributed by atoms with Gasteiger partial charge >= 0.3 is 0 Å². The first-order valence-corrected chi connectivity index (χ1v) is 7.30. The zero-order valence-electron chi connectivity index (χ0n) is 12.5. The van der Waals surface area contributed by atoms with Gasteiger partial charge in [0.15, 0.2) is 6.29 Å². The van der Waals surface area contributed by atoms with Crippen LogP contribution in [-0.4, -0.2) is 35.1 Å². The van der Waals surface area contributed by atoms with Gasteiger partial charge < -0.3 is 19.3 Å². The molecule has 2 aliphatic heterocycles. The van der Waals surface area contributed by atoms with E-state index in [-0.39, 0.29) is 24.4 Å². The Morgan fingerprint density at radius 3 is 2.62 bits per heavy atom. The number of benzene rings is 1. The highest BCUT2D eigenvalue weighted by Crippen LogP contribution is 2.43. The highest BCUT2D eigenvalue weighted by atomic mass is 16.7. The maximum atomic E-state index is 10.5. The predicted molar refractivity (Wildman–Crippen MR) is 78.7 cm³/mol. The van der Waals surface area contributed by atoms with Gasteiger partial charge in [-0.3, -0.25) is 0 Å². The minimum absolute atomic E-state index is 0.0426. The van der Waals surface area contributed by atoms with E-state index >= 15 is 0 Å². The fraction of sp³-hybridized carbons (Fsp3) is 0.529. The lowest BCUT2D eigenvalue weighted by atomic mass is 9.91. The number of hydrogen-bond donors (Lipinski definition) is 1. The Hall–Kier alpha value is -1.20. The molecule has 0 aromatic heterocycles. The lowest BCUT2D eigenvalue weighted by Crippen LogP contribution is -2.51. The predicted octanol–water partition coefficient (Wildman–Crippen LogP) is 2.59. The van der Waals surface area contributed by atoms with Crippen molar-refractivity contribution in [1.29, 1.82) is 0 Å². The Kier molecular flexibility index (Phi) is 3.66. The third kappa shape index (κ3) is 2.90. The third-order valence-electron chi connectivity index (χ3n) is 4.39. The van der Waals surface area contributed by atoms with Crippen molar-refractivity contribution in [3.05, 3.63) is 48.6 Å². The summed E-state index contributed by atoms with van der Waals surface area (Å²) in [5.41, 5.74) is -0.347. The molecular weight excluding hydrogens is 268 g/mol. The van der Waals surface area contributed by atoms with Crippen LogP contribution in [0.25, 0.3) is 0 Å². The Balaban J connectivity index is 1.70. The van der Waals surface area contributed by atoms with Gasteiger partial charge in [0.05, 0.1) is 18.8 Å². The minimum Gasteiger partial charge on any atom is -0.385 e. The normalized spacial score (nSPS) is 42.5. The van der Waals surface area contributed by atoms with Crippen molar-refractivity contribution in [1.82, 2.24) is 0 Å². The molecule has 21 heavy (non-hydrogen) atoms. The van der Waals surface area contributed by atoms with Crippen LogP contribution in [0.5, 0.6) is 0 Å². The molecule has 2 saturated heterocycles. The highest BCUT2D eigenvalue weighted by molar-refractivity contribution is 5.17. The van der Waals surface area contributed by atoms with Crippen LogP contribution in [-0.2, 0) is 14.2 Å². The first kappa shape index (κ1) is 14.7. The molecular formula is C17H22O4. The molecule has 5 atom stereocenters. The molecule has 0 spiro atoms. The lowest BCUT2D eigenvalue weighted by Gasteiger charge is -2.40. The number of aliphatic hydroxyl groups is 1. The highest BCUT2D eigenvalue weighted by Gasteiger charge is 2.53. The summed E-state index contributed by atoms with van der Waals surface area (Å²) in [6, 6.07) is 9.77. The van der Waals surface area contributed by atoms with Crippen molar-refractivity contribution < 1.29 is 19.3 Å². The topological polar surface area (TPSA) is 51.2 Å². The van der Waals surface area contributed by atoms with Gasteiger partial charge in [0.2, 0.25) is 0 Å². The number of hydrogen-bond acceptors (Lipinski definition) is 4. The van der Waals surface area contributed by atoms with Crippen molar-refractivity contribution in [2.45, 2.75) is 50.0 Å². The smallest absolute Gasteiger partial charge is 0.184 e. The minimum atomic E-state index is -1.01. The number of epoxide rings is 1. The Morgan fingerprint density at radius 1 is 1.29 bits per heavy atom. The average Bonchev–Trinajstić information content (AvgIpc) is 3.13. The molecule has 0 unspecified atom stereocenters. The Labute approximate surface area is 125 Å². The van der Waals surface area contributed by atoms with E-state index in [1.807, 2.05) is 37.3 Å². The molecule has 3 rings (SSSR count). The van der Waals surface area contributed by atoms with Gasteiger partial charge in [0.25, 0.3) is 0 Å². The molecule has 1 N–H and O–H groups in total. The van der Waals surface area contributed by atoms with Crippen LogP contribution in [0.15, 0.2) is 43.0 Å². The third-order valence-corrected chi connectivity index (χ3v) is 4.39. The van der Waals surface area contributed by atoms with Gasteiger partial charge in [-0.2, -0.15) is 0 Å². The standard InChI is InChI=1S/C17H22O4/c1-4-17(3)14(21-17)10-13-16(2,18)11-19-15(20-13)12-8-6-5-7-9-12/h4-9,13-15,18H,1,10-11H2,2-3H3/t13-,14+,15+,16+,17+/m0/s1. The monoisotopic (exact) mass is 290 g/mol. The summed E-state index contributed by atoms with van der Waals surface area (Å²) >= 11 is 0. The molecule has 2 heterocycles. The zero-order valence-corrected chi connectivity index (χ0v) is 12.5. The van der Waals surface area contributed by atoms with E-state index in [1.54, 1.807) is 13.0 Å². The van der Waals surface area contributed by atoms with Crippen LogP contribution < -0.4 is 0 Å². The van der Waals surface area contributed by atoms with Crippen LogP contribution in [0.2, 0.25) is 0 Å². The van der Waals surface area contributed by atoms with Crippen LogP contribution in [0.1, 0.15) is 32.1 Å². The van der Waals surface area contributed by atoms with Gasteiger partial charge in [0.1, 0.15) is 11.2 Å². The molecule has 0 saturated carbocycles. The SMILES string of the molecule is C=C[C@@]1(C)O[C@@H]1C[C@@H]1O[C@H](c2ccccc2)OC[C@@]1(C)O. The summed E-state index contributed by atoms with van der Waals surface area (Å²) < 4.78 is 17.3. The molecule has 2 fully saturated rings. The number of rotatable bonds is 4. The van der Waals surface area contributed by atoms with E-state index in [1.165, 1.54) is 0 Å². The van der Waals surface area contributed by atoms with Gasteiger partial charge in [0, 0.05) is 12.0 Å². The van der Waals surface area contributed by atoms with Crippen molar-refractivity contribution in [3.8, 4) is 0 Å². The molecule has 0 bridgehead atoms. The van der Waals surface area contributed by atoms with Crippen molar-refractivity contribution in [2.24, 2.45) is 0 Å². The maximum absolute atomic E-state index is 10.5. The van der Waals surface area contributed by atoms with Crippen LogP contribution in [0.3, 0.4) is 0 Å². The molecule has 0 amide bonds. The van der Waals surface area contributed by atoms with Crippen molar-refractivity contribution >= 4 is 0 Å². The summed E-state index contributed by atoms with van der Waals surface area (Å²) in [6.07, 6.45) is 1.71. The van der Waals surface area contributed by atoms with Gasteiger partial charge in [-0.1, -0.05) is 36.4 Å². The molecule has 114 valence electrons. The number of ether oxygens (including phenoxy) is 3. The van der Waals surface area contributed by atoms with E-state index in [0.29, 0.717) is 6.42 Å². The summed E-state index contributed by atoms with van der Waals surface area (Å²) in [4.78, 5) is 0. The molecule has 1 aromatic rings. The van der Waals surface area contributed by atoms with Crippen LogP contribution in [0.4, 0.5) is 0 Å². The molecule has 0 aliphatic carbocycles. The van der Waals surface area contributed by atoms with Gasteiger partial charge in [-0.15, -0.1) is 6.58 Å². The molecule has 2 aliphatic rings. The lowest BCUT2D eigenvalue weighted by molar-refractivity contribution is -0.290. The van der Waals surface area contributed by atoms with Gasteiger partial charge in [-0.05, 0) is 13.8 Å². The molecule has 1 aromatic carbocycles. The second-order valence-electron chi connectivity index (χ2n) is 6.27. The van der Waals surface area contributed by atoms with Crippen LogP contribution in [0, 0.1) is 0 Å². The second-order valence-corrected chi connectivity index (χ2v) is 6.27. The van der Waals surface area contributed by atoms with Crippen molar-refractivity contribution in [3.63, 3.8) is 0 Å². The largest absolute Gasteiger partial charge is 0.385 e. The van der Waals surface area contributed by atoms with E-state index in [4.69, 9.17) is 14.2 Å². The van der Waals surface area contributed by atoms with Crippen molar-refractivity contribution in [2.75, 3.05) is 6.61 Å². The van der Waals surface area contributed by atoms with E-state index in [2.05, 4.69) is 6.58 Å². The van der Waals surface area contributed by atoms with E-state index in [0.717, 1.165) is 5.56 Å². The fourth-order valence-corrected chi connectivity index (χ4v) is 2.70. The quantitative estimate of drug-likeness (QED) is 0.684.